The maximum Gasteiger partial charge on any atom is 0.119 e. The number of likely N-dealkylation sites (N-methyl/N-ethyl adjacent to an activating group) is 1. The summed E-state index contributed by atoms with van der Waals surface area (Å²) in [6.07, 6.45) is 1.42. The molecule has 21 heavy (non-hydrogen) atoms. The molecule has 0 aliphatic carbocycles. The van der Waals surface area contributed by atoms with Crippen LogP contribution in [0.1, 0.15) is 31.9 Å². The molecular weight excluding hydrogens is 262 g/mol. The quantitative estimate of drug-likeness (QED) is 0.902. The van der Waals surface area contributed by atoms with Gasteiger partial charge in [-0.1, -0.05) is 12.1 Å². The minimum absolute atomic E-state index is 0.210. The van der Waals surface area contributed by atoms with Crippen LogP contribution in [0.4, 0.5) is 0 Å². The van der Waals surface area contributed by atoms with E-state index in [0.29, 0.717) is 12.6 Å². The molecule has 1 atom stereocenters. The van der Waals surface area contributed by atoms with Gasteiger partial charge in [0.05, 0.1) is 6.10 Å². The van der Waals surface area contributed by atoms with Gasteiger partial charge >= 0.3 is 0 Å². The highest BCUT2D eigenvalue weighted by Gasteiger charge is 2.21. The lowest BCUT2D eigenvalue weighted by Gasteiger charge is -2.30. The average molecular weight is 291 g/mol. The highest BCUT2D eigenvalue weighted by atomic mass is 16.5. The van der Waals surface area contributed by atoms with Crippen molar-refractivity contribution in [3.8, 4) is 5.75 Å². The predicted molar refractivity (Wildman–Crippen MR) is 87.7 cm³/mol. The SMILES string of the molecule is CC(C)Oc1ccc(C(CN)N2CCCN(C)CC2)cc1. The third-order valence-corrected chi connectivity index (χ3v) is 4.05. The fourth-order valence-corrected chi connectivity index (χ4v) is 2.91. The normalized spacial score (nSPS) is 19.5. The molecule has 1 unspecified atom stereocenters. The monoisotopic (exact) mass is 291 g/mol. The lowest BCUT2D eigenvalue weighted by molar-refractivity contribution is 0.207. The predicted octanol–water partition coefficient (Wildman–Crippen LogP) is 2.11. The minimum Gasteiger partial charge on any atom is -0.491 e. The van der Waals surface area contributed by atoms with Crippen LogP contribution in [0, 0.1) is 0 Å². The van der Waals surface area contributed by atoms with E-state index < -0.39 is 0 Å². The van der Waals surface area contributed by atoms with E-state index in [4.69, 9.17) is 10.5 Å². The average Bonchev–Trinajstić information content (AvgIpc) is 2.66. The highest BCUT2D eigenvalue weighted by Crippen LogP contribution is 2.24. The molecule has 1 aliphatic rings. The van der Waals surface area contributed by atoms with Crippen LogP contribution in [-0.2, 0) is 0 Å². The van der Waals surface area contributed by atoms with Crippen molar-refractivity contribution in [2.24, 2.45) is 5.73 Å². The number of ether oxygens (including phenoxy) is 1. The largest absolute Gasteiger partial charge is 0.491 e. The van der Waals surface area contributed by atoms with E-state index in [1.165, 1.54) is 18.5 Å². The third-order valence-electron chi connectivity index (χ3n) is 4.05. The molecule has 0 radical (unpaired) electrons. The van der Waals surface area contributed by atoms with Crippen molar-refractivity contribution in [1.82, 2.24) is 9.80 Å². The summed E-state index contributed by atoms with van der Waals surface area (Å²) in [4.78, 5) is 4.91. The van der Waals surface area contributed by atoms with Gasteiger partial charge in [0.25, 0.3) is 0 Å². The number of benzene rings is 1. The van der Waals surface area contributed by atoms with E-state index in [2.05, 4.69) is 41.1 Å². The summed E-state index contributed by atoms with van der Waals surface area (Å²) < 4.78 is 5.71. The van der Waals surface area contributed by atoms with E-state index in [0.717, 1.165) is 25.4 Å². The molecule has 1 heterocycles. The maximum absolute atomic E-state index is 6.05. The number of nitrogens with zero attached hydrogens (tertiary/aromatic N) is 2. The van der Waals surface area contributed by atoms with Crippen molar-refractivity contribution in [2.75, 3.05) is 39.8 Å². The second-order valence-corrected chi connectivity index (χ2v) is 6.18. The zero-order valence-corrected chi connectivity index (χ0v) is 13.6. The van der Waals surface area contributed by atoms with Crippen LogP contribution >= 0.6 is 0 Å². The Morgan fingerprint density at radius 3 is 2.43 bits per heavy atom. The molecular formula is C17H29N3O. The van der Waals surface area contributed by atoms with Gasteiger partial charge < -0.3 is 15.4 Å². The summed E-state index contributed by atoms with van der Waals surface area (Å²) in [5, 5.41) is 0. The molecule has 1 aromatic rings. The van der Waals surface area contributed by atoms with Crippen LogP contribution in [0.2, 0.25) is 0 Å². The lowest BCUT2D eigenvalue weighted by atomic mass is 10.0. The van der Waals surface area contributed by atoms with Gasteiger partial charge in [0.2, 0.25) is 0 Å². The molecule has 1 aromatic carbocycles. The van der Waals surface area contributed by atoms with Crippen molar-refractivity contribution in [1.29, 1.82) is 0 Å². The molecule has 0 aromatic heterocycles. The summed E-state index contributed by atoms with van der Waals surface area (Å²) in [5.74, 6) is 0.931. The number of nitrogens with two attached hydrogens (primary N) is 1. The summed E-state index contributed by atoms with van der Waals surface area (Å²) >= 11 is 0. The van der Waals surface area contributed by atoms with Crippen LogP contribution in [0.3, 0.4) is 0 Å². The lowest BCUT2D eigenvalue weighted by Crippen LogP contribution is -2.36. The van der Waals surface area contributed by atoms with Crippen LogP contribution in [0.5, 0.6) is 5.75 Å². The van der Waals surface area contributed by atoms with Crippen LogP contribution in [0.15, 0.2) is 24.3 Å². The van der Waals surface area contributed by atoms with Crippen molar-refractivity contribution in [3.05, 3.63) is 29.8 Å². The molecule has 0 bridgehead atoms. The van der Waals surface area contributed by atoms with Gasteiger partial charge in [-0.25, -0.2) is 0 Å². The van der Waals surface area contributed by atoms with Gasteiger partial charge in [0.1, 0.15) is 5.75 Å². The Kier molecular flexibility index (Phi) is 6.03. The van der Waals surface area contributed by atoms with Gasteiger partial charge in [0.15, 0.2) is 0 Å². The van der Waals surface area contributed by atoms with Gasteiger partial charge in [-0.3, -0.25) is 4.90 Å². The fourth-order valence-electron chi connectivity index (χ4n) is 2.91. The van der Waals surface area contributed by atoms with E-state index in [1.54, 1.807) is 0 Å². The van der Waals surface area contributed by atoms with Gasteiger partial charge in [-0.15, -0.1) is 0 Å². The van der Waals surface area contributed by atoms with Gasteiger partial charge in [-0.2, -0.15) is 0 Å². The van der Waals surface area contributed by atoms with E-state index in [9.17, 15) is 0 Å². The Morgan fingerprint density at radius 1 is 1.10 bits per heavy atom. The Balaban J connectivity index is 2.05. The zero-order chi connectivity index (χ0) is 15.2. The minimum atomic E-state index is 0.210. The number of rotatable bonds is 5. The molecule has 1 saturated heterocycles. The Labute approximate surface area is 128 Å². The van der Waals surface area contributed by atoms with E-state index >= 15 is 0 Å². The molecule has 118 valence electrons. The fraction of sp³-hybridized carbons (Fsp3) is 0.647. The molecule has 4 nitrogen and oxygen atoms in total. The van der Waals surface area contributed by atoms with Gasteiger partial charge in [0, 0.05) is 32.2 Å². The molecule has 0 amide bonds. The molecule has 4 heteroatoms. The first-order valence-corrected chi connectivity index (χ1v) is 7.99. The first-order valence-electron chi connectivity index (χ1n) is 7.99. The Hall–Kier alpha value is -1.10. The third kappa shape index (κ3) is 4.70. The topological polar surface area (TPSA) is 41.7 Å². The highest BCUT2D eigenvalue weighted by molar-refractivity contribution is 5.29. The molecule has 0 spiro atoms. The van der Waals surface area contributed by atoms with Gasteiger partial charge in [-0.05, 0) is 51.6 Å². The molecule has 1 fully saturated rings. The van der Waals surface area contributed by atoms with E-state index in [1.807, 2.05) is 13.8 Å². The summed E-state index contributed by atoms with van der Waals surface area (Å²) in [6, 6.07) is 8.74. The molecule has 0 saturated carbocycles. The summed E-state index contributed by atoms with van der Waals surface area (Å²) in [6.45, 7) is 9.25. The Morgan fingerprint density at radius 2 is 1.81 bits per heavy atom. The second kappa shape index (κ2) is 7.78. The van der Waals surface area contributed by atoms with Crippen molar-refractivity contribution in [2.45, 2.75) is 32.4 Å². The first kappa shape index (κ1) is 16.3. The zero-order valence-electron chi connectivity index (χ0n) is 13.6. The van der Waals surface area contributed by atoms with Crippen molar-refractivity contribution < 1.29 is 4.74 Å². The first-order chi connectivity index (χ1) is 10.1. The van der Waals surface area contributed by atoms with Crippen LogP contribution in [0.25, 0.3) is 0 Å². The maximum atomic E-state index is 6.05. The Bertz CT molecular complexity index is 419. The molecule has 2 rings (SSSR count). The molecule has 2 N–H and O–H groups in total. The van der Waals surface area contributed by atoms with Crippen LogP contribution in [-0.4, -0.2) is 55.7 Å². The number of hydrogen-bond acceptors (Lipinski definition) is 4. The summed E-state index contributed by atoms with van der Waals surface area (Å²) in [5.41, 5.74) is 7.34. The van der Waals surface area contributed by atoms with Crippen molar-refractivity contribution >= 4 is 0 Å². The van der Waals surface area contributed by atoms with E-state index in [-0.39, 0.29) is 6.10 Å². The second-order valence-electron chi connectivity index (χ2n) is 6.18. The molecule has 1 aliphatic heterocycles. The standard InChI is InChI=1S/C17H29N3O/c1-14(2)21-16-7-5-15(6-8-16)17(13-18)20-10-4-9-19(3)11-12-20/h5-8,14,17H,4,9-13,18H2,1-3H3. The number of hydrogen-bond donors (Lipinski definition) is 1. The van der Waals surface area contributed by atoms with Crippen molar-refractivity contribution in [3.63, 3.8) is 0 Å². The van der Waals surface area contributed by atoms with Crippen LogP contribution < -0.4 is 10.5 Å². The summed E-state index contributed by atoms with van der Waals surface area (Å²) in [7, 11) is 2.19. The smallest absolute Gasteiger partial charge is 0.119 e.